The maximum Gasteiger partial charge on any atom is 0.330 e. The third-order valence-corrected chi connectivity index (χ3v) is 15.7. The van der Waals surface area contributed by atoms with Crippen molar-refractivity contribution in [2.75, 3.05) is 4.90 Å². The van der Waals surface area contributed by atoms with Gasteiger partial charge < -0.3 is 4.55 Å². The third-order valence-electron chi connectivity index (χ3n) is 14.7. The Balaban J connectivity index is 0.000000431. The number of quaternary nitrogens is 1. The Kier molecular flexibility index (Phi) is 12.5. The first-order chi connectivity index (χ1) is 37.2. The topological polar surface area (TPSA) is 72.8 Å². The fraction of sp³-hybridized carbons (Fsp3) is 0.0290. The molecule has 0 unspecified atom stereocenters. The summed E-state index contributed by atoms with van der Waals surface area (Å²) >= 11 is 0. The Morgan fingerprint density at radius 1 is 0.368 bits per heavy atom. The molecule has 0 amide bonds. The number of rotatable bonds is 7. The van der Waals surface area contributed by atoms with Crippen molar-refractivity contribution in [2.24, 2.45) is 4.99 Å². The highest BCUT2D eigenvalue weighted by Gasteiger charge is 2.50. The van der Waals surface area contributed by atoms with Gasteiger partial charge in [-0.3, -0.25) is 0 Å². The van der Waals surface area contributed by atoms with Crippen molar-refractivity contribution in [3.05, 3.63) is 284 Å². The van der Waals surface area contributed by atoms with Gasteiger partial charge in [-0.15, -0.1) is 0 Å². The fourth-order valence-electron chi connectivity index (χ4n) is 11.1. The molecular weight excluding hydrogens is 951 g/mol. The number of anilines is 2. The van der Waals surface area contributed by atoms with Crippen LogP contribution < -0.4 is 9.38 Å². The highest BCUT2D eigenvalue weighted by molar-refractivity contribution is 7.85. The first-order valence-corrected chi connectivity index (χ1v) is 26.8. The third kappa shape index (κ3) is 8.43. The van der Waals surface area contributed by atoms with E-state index in [1.165, 1.54) is 6.07 Å². The highest BCUT2D eigenvalue weighted by Crippen LogP contribution is 2.55. The number of hydrogen-bond donors (Lipinski definition) is 0. The van der Waals surface area contributed by atoms with Gasteiger partial charge in [0.25, 0.3) is 0 Å². The zero-order chi connectivity index (χ0) is 51.8. The van der Waals surface area contributed by atoms with Crippen molar-refractivity contribution in [3.63, 3.8) is 0 Å². The molecule has 13 aromatic rings. The van der Waals surface area contributed by atoms with Gasteiger partial charge in [0, 0.05) is 50.5 Å². The van der Waals surface area contributed by atoms with E-state index in [0.717, 1.165) is 110 Å². The number of hydrogen-bond acceptors (Lipinski definition) is 4. The molecule has 76 heavy (non-hydrogen) atoms. The fourth-order valence-corrected chi connectivity index (χ4v) is 11.8. The maximum atomic E-state index is 10.7. The van der Waals surface area contributed by atoms with E-state index in [1.807, 2.05) is 0 Å². The van der Waals surface area contributed by atoms with Crippen LogP contribution in [0, 0.1) is 13.8 Å². The second-order valence-corrected chi connectivity index (χ2v) is 20.4. The van der Waals surface area contributed by atoms with Crippen LogP contribution in [-0.2, 0) is 10.1 Å². The average Bonchev–Trinajstić information content (AvgIpc) is 3.66. The molecule has 0 spiro atoms. The lowest BCUT2D eigenvalue weighted by Gasteiger charge is -2.43. The van der Waals surface area contributed by atoms with Crippen molar-refractivity contribution >= 4 is 115 Å². The quantitative estimate of drug-likeness (QED) is 0.0690. The molecule has 0 saturated heterocycles. The maximum absolute atomic E-state index is 10.7. The first kappa shape index (κ1) is 47.7. The standard InChI is InChI=1S/C61H42N3.C8H10O3S/c1-7-31-49-43(19-1)25-13-37-55(49)62-61(63(56-38-14-26-44-20-2-8-32-50(44)56)57-39-15-27-45-21-3-9-33-51(45)57)64(58-40-16-28-46-22-4-10-34-52(46)58,59-41-17-29-47-23-5-11-35-53(47)59)60-42-18-30-48-24-6-12-36-54(48)60;1-6-4-3-5-8(7(6)2)12(9,10)11/h1-42H;3-5H,1-2H3,(H,9,10,11)/q+1;/p-1. The molecule has 7 heteroatoms. The molecule has 0 fully saturated rings. The monoisotopic (exact) mass is 1000 g/mol. The molecule has 0 heterocycles. The van der Waals surface area contributed by atoms with Crippen LogP contribution in [0.4, 0.5) is 34.1 Å². The van der Waals surface area contributed by atoms with E-state index in [-0.39, 0.29) is 9.38 Å². The summed E-state index contributed by atoms with van der Waals surface area (Å²) in [7, 11) is -4.31. The molecule has 366 valence electrons. The molecule has 6 nitrogen and oxygen atoms in total. The highest BCUT2D eigenvalue weighted by atomic mass is 32.2. The molecule has 0 aromatic heterocycles. The van der Waals surface area contributed by atoms with E-state index in [9.17, 15) is 13.0 Å². The lowest BCUT2D eigenvalue weighted by Crippen LogP contribution is -2.53. The van der Waals surface area contributed by atoms with E-state index in [4.69, 9.17) is 4.99 Å². The summed E-state index contributed by atoms with van der Waals surface area (Å²) in [6.45, 7) is 3.39. The summed E-state index contributed by atoms with van der Waals surface area (Å²) in [6, 6.07) is 97.4. The van der Waals surface area contributed by atoms with Crippen LogP contribution in [0.3, 0.4) is 0 Å². The van der Waals surface area contributed by atoms with Crippen molar-refractivity contribution in [2.45, 2.75) is 18.7 Å². The van der Waals surface area contributed by atoms with E-state index in [0.29, 0.717) is 5.56 Å². The van der Waals surface area contributed by atoms with Crippen LogP contribution in [0.5, 0.6) is 0 Å². The molecule has 0 bridgehead atoms. The number of fused-ring (bicyclic) bond motifs is 6. The van der Waals surface area contributed by atoms with Gasteiger partial charge in [-0.05, 0) is 99.8 Å². The van der Waals surface area contributed by atoms with Gasteiger partial charge in [0.2, 0.25) is 0 Å². The first-order valence-electron chi connectivity index (χ1n) is 25.4. The van der Waals surface area contributed by atoms with E-state index in [1.54, 1.807) is 26.0 Å². The average molecular weight is 1000 g/mol. The van der Waals surface area contributed by atoms with Gasteiger partial charge in [0.05, 0.1) is 22.0 Å². The van der Waals surface area contributed by atoms with E-state index in [2.05, 4.69) is 260 Å². The summed E-state index contributed by atoms with van der Waals surface area (Å²) in [5.41, 5.74) is 7.51. The lowest BCUT2D eigenvalue weighted by molar-refractivity contribution is 0.462. The predicted octanol–water partition coefficient (Wildman–Crippen LogP) is 18.3. The normalized spacial score (nSPS) is 12.1. The Morgan fingerprint density at radius 2 is 0.684 bits per heavy atom. The van der Waals surface area contributed by atoms with Crippen LogP contribution in [0.25, 0.3) is 64.6 Å². The van der Waals surface area contributed by atoms with Crippen LogP contribution in [-0.4, -0.2) is 18.9 Å². The minimum Gasteiger partial charge on any atom is -0.744 e. The van der Waals surface area contributed by atoms with Crippen molar-refractivity contribution in [1.29, 1.82) is 0 Å². The molecule has 13 aromatic carbocycles. The molecule has 0 aliphatic carbocycles. The molecule has 0 N–H and O–H groups in total. The Bertz CT molecular complexity index is 4210. The zero-order valence-corrected chi connectivity index (χ0v) is 42.8. The van der Waals surface area contributed by atoms with Crippen LogP contribution in [0.1, 0.15) is 11.1 Å². The molecule has 0 aliphatic heterocycles. The summed E-state index contributed by atoms with van der Waals surface area (Å²) in [5, 5.41) is 13.6. The Morgan fingerprint density at radius 3 is 1.09 bits per heavy atom. The van der Waals surface area contributed by atoms with Crippen molar-refractivity contribution in [1.82, 2.24) is 4.48 Å². The molecule has 13 rings (SSSR count). The second-order valence-electron chi connectivity index (χ2n) is 19.1. The van der Waals surface area contributed by atoms with Crippen LogP contribution in [0.2, 0.25) is 0 Å². The second kappa shape index (κ2) is 19.9. The molecule has 0 radical (unpaired) electrons. The summed E-state index contributed by atoms with van der Waals surface area (Å²) in [6.07, 6.45) is 0. The molecule has 0 atom stereocenters. The number of aryl methyl sites for hydroxylation is 1. The summed E-state index contributed by atoms with van der Waals surface area (Å²) in [5.74, 6) is 0.799. The van der Waals surface area contributed by atoms with E-state index >= 15 is 0 Å². The minimum absolute atomic E-state index is 0.123. The zero-order valence-electron chi connectivity index (χ0n) is 42.0. The van der Waals surface area contributed by atoms with Crippen molar-refractivity contribution < 1.29 is 13.0 Å². The van der Waals surface area contributed by atoms with Gasteiger partial charge in [-0.1, -0.05) is 212 Å². The van der Waals surface area contributed by atoms with Crippen LogP contribution >= 0.6 is 0 Å². The molecule has 0 saturated carbocycles. The number of benzene rings is 13. The number of guanidine groups is 1. The van der Waals surface area contributed by atoms with Gasteiger partial charge in [0.15, 0.2) is 17.1 Å². The number of nitrogens with zero attached hydrogens (tertiary/aromatic N) is 3. The van der Waals surface area contributed by atoms with Gasteiger partial charge in [-0.2, -0.15) is 9.48 Å². The molecular formula is C69H51N3O3S. The van der Waals surface area contributed by atoms with Crippen molar-refractivity contribution in [3.8, 4) is 0 Å². The SMILES string of the molecule is Cc1cccc(S(=O)(=O)[O-])c1C.c1ccc2c(N=C(N(c3cccc4ccccc34)c3cccc4ccccc34)[N+](c3cccc4ccccc34)(c3cccc4ccccc34)c3cccc4ccccc34)cccc2c1. The van der Waals surface area contributed by atoms with E-state index < -0.39 is 10.1 Å². The summed E-state index contributed by atoms with van der Waals surface area (Å²) < 4.78 is 32.1. The van der Waals surface area contributed by atoms with Crippen LogP contribution in [0.15, 0.2) is 283 Å². The Labute approximate surface area is 442 Å². The largest absolute Gasteiger partial charge is 0.744 e. The number of aliphatic imine (C=N–C) groups is 1. The van der Waals surface area contributed by atoms with Gasteiger partial charge in [0.1, 0.15) is 10.1 Å². The smallest absolute Gasteiger partial charge is 0.330 e. The summed E-state index contributed by atoms with van der Waals surface area (Å²) in [4.78, 5) is 8.65. The van der Waals surface area contributed by atoms with Gasteiger partial charge in [-0.25, -0.2) is 13.3 Å². The minimum atomic E-state index is -4.31. The Hall–Kier alpha value is -9.24. The predicted molar refractivity (Wildman–Crippen MR) is 318 cm³/mol. The van der Waals surface area contributed by atoms with Gasteiger partial charge >= 0.3 is 5.96 Å². The molecule has 0 aliphatic rings. The lowest BCUT2D eigenvalue weighted by atomic mass is 9.97.